The van der Waals surface area contributed by atoms with E-state index in [9.17, 15) is 9.90 Å². The van der Waals surface area contributed by atoms with Crippen molar-refractivity contribution in [3.63, 3.8) is 0 Å². The van der Waals surface area contributed by atoms with Gasteiger partial charge in [0.15, 0.2) is 0 Å². The SMILES string of the molecule is CCS[C@H]1CC[C@H](N(C)C(=O)Cc2cccc(O)c2)C1. The molecule has 2 atom stereocenters. The van der Waals surface area contributed by atoms with Crippen molar-refractivity contribution in [1.29, 1.82) is 0 Å². The maximum absolute atomic E-state index is 12.3. The molecule has 0 heterocycles. The highest BCUT2D eigenvalue weighted by molar-refractivity contribution is 7.99. The number of rotatable bonds is 5. The van der Waals surface area contributed by atoms with Gasteiger partial charge in [-0.05, 0) is 42.7 Å². The second-order valence-corrected chi connectivity index (χ2v) is 6.97. The zero-order chi connectivity index (χ0) is 14.5. The quantitative estimate of drug-likeness (QED) is 0.907. The molecule has 0 bridgehead atoms. The largest absolute Gasteiger partial charge is 0.508 e. The monoisotopic (exact) mass is 293 g/mol. The van der Waals surface area contributed by atoms with Gasteiger partial charge in [0, 0.05) is 18.3 Å². The zero-order valence-electron chi connectivity index (χ0n) is 12.2. The summed E-state index contributed by atoms with van der Waals surface area (Å²) in [5.41, 5.74) is 0.874. The minimum absolute atomic E-state index is 0.141. The van der Waals surface area contributed by atoms with Crippen LogP contribution < -0.4 is 0 Å². The van der Waals surface area contributed by atoms with Gasteiger partial charge in [-0.25, -0.2) is 0 Å². The molecule has 1 aliphatic carbocycles. The van der Waals surface area contributed by atoms with Gasteiger partial charge in [0.25, 0.3) is 0 Å². The summed E-state index contributed by atoms with van der Waals surface area (Å²) in [7, 11) is 1.91. The van der Waals surface area contributed by atoms with Crippen molar-refractivity contribution in [2.45, 2.75) is 43.9 Å². The summed E-state index contributed by atoms with van der Waals surface area (Å²) in [6, 6.07) is 7.33. The van der Waals surface area contributed by atoms with E-state index in [-0.39, 0.29) is 11.7 Å². The molecule has 1 aromatic carbocycles. The fourth-order valence-corrected chi connectivity index (χ4v) is 3.96. The highest BCUT2D eigenvalue weighted by atomic mass is 32.2. The van der Waals surface area contributed by atoms with Gasteiger partial charge < -0.3 is 10.0 Å². The standard InChI is InChI=1S/C16H23NO2S/c1-3-20-15-8-7-13(11-15)17(2)16(19)10-12-5-4-6-14(18)9-12/h4-6,9,13,15,18H,3,7-8,10-11H2,1-2H3/t13-,15-/m0/s1. The Labute approximate surface area is 125 Å². The van der Waals surface area contributed by atoms with E-state index in [2.05, 4.69) is 6.92 Å². The second-order valence-electron chi connectivity index (χ2n) is 5.40. The Morgan fingerprint density at radius 3 is 2.95 bits per heavy atom. The zero-order valence-corrected chi connectivity index (χ0v) is 13.0. The summed E-state index contributed by atoms with van der Waals surface area (Å²) in [5.74, 6) is 1.51. The maximum atomic E-state index is 12.3. The number of nitrogens with zero attached hydrogens (tertiary/aromatic N) is 1. The molecule has 1 fully saturated rings. The first-order chi connectivity index (χ1) is 9.60. The van der Waals surface area contributed by atoms with Crippen LogP contribution in [0.4, 0.5) is 0 Å². The molecule has 20 heavy (non-hydrogen) atoms. The molecule has 1 aliphatic rings. The number of carbonyl (C=O) groups excluding carboxylic acids is 1. The first kappa shape index (κ1) is 15.2. The minimum Gasteiger partial charge on any atom is -0.508 e. The fraction of sp³-hybridized carbons (Fsp3) is 0.562. The Kier molecular flexibility index (Phi) is 5.35. The van der Waals surface area contributed by atoms with Crippen molar-refractivity contribution in [2.24, 2.45) is 0 Å². The third-order valence-corrected chi connectivity index (χ3v) is 5.20. The number of hydrogen-bond acceptors (Lipinski definition) is 3. The lowest BCUT2D eigenvalue weighted by molar-refractivity contribution is -0.131. The molecule has 1 N–H and O–H groups in total. The van der Waals surface area contributed by atoms with Crippen LogP contribution in [0, 0.1) is 0 Å². The van der Waals surface area contributed by atoms with Crippen LogP contribution in [0.25, 0.3) is 0 Å². The Bertz CT molecular complexity index is 464. The van der Waals surface area contributed by atoms with Gasteiger partial charge in [0.2, 0.25) is 5.91 Å². The summed E-state index contributed by atoms with van der Waals surface area (Å²) in [5, 5.41) is 10.2. The average molecular weight is 293 g/mol. The van der Waals surface area contributed by atoms with Crippen molar-refractivity contribution in [1.82, 2.24) is 4.90 Å². The van der Waals surface area contributed by atoms with Crippen LogP contribution >= 0.6 is 11.8 Å². The molecule has 1 saturated carbocycles. The molecule has 0 aromatic heterocycles. The fourth-order valence-electron chi connectivity index (χ4n) is 2.83. The predicted octanol–water partition coefficient (Wildman–Crippen LogP) is 3.07. The topological polar surface area (TPSA) is 40.5 Å². The number of carbonyl (C=O) groups is 1. The van der Waals surface area contributed by atoms with E-state index >= 15 is 0 Å². The van der Waals surface area contributed by atoms with Crippen molar-refractivity contribution in [2.75, 3.05) is 12.8 Å². The van der Waals surface area contributed by atoms with E-state index in [4.69, 9.17) is 0 Å². The number of aromatic hydroxyl groups is 1. The summed E-state index contributed by atoms with van der Waals surface area (Å²) in [4.78, 5) is 14.2. The molecular weight excluding hydrogens is 270 g/mol. The third kappa shape index (κ3) is 3.92. The van der Waals surface area contributed by atoms with Crippen LogP contribution in [0.2, 0.25) is 0 Å². The Morgan fingerprint density at radius 2 is 2.25 bits per heavy atom. The van der Waals surface area contributed by atoms with Gasteiger partial charge >= 0.3 is 0 Å². The average Bonchev–Trinajstić information content (AvgIpc) is 2.87. The first-order valence-corrected chi connectivity index (χ1v) is 8.30. The minimum atomic E-state index is 0.141. The van der Waals surface area contributed by atoms with Crippen molar-refractivity contribution >= 4 is 17.7 Å². The highest BCUT2D eigenvalue weighted by Gasteiger charge is 2.29. The molecule has 0 unspecified atom stereocenters. The third-order valence-electron chi connectivity index (χ3n) is 3.97. The number of thioether (sulfide) groups is 1. The molecule has 2 rings (SSSR count). The van der Waals surface area contributed by atoms with E-state index in [1.807, 2.05) is 29.8 Å². The number of phenols is 1. The Balaban J connectivity index is 1.89. The van der Waals surface area contributed by atoms with E-state index in [0.29, 0.717) is 17.7 Å². The number of phenolic OH excluding ortho intramolecular Hbond substituents is 1. The highest BCUT2D eigenvalue weighted by Crippen LogP contribution is 2.32. The number of benzene rings is 1. The van der Waals surface area contributed by atoms with Gasteiger partial charge in [-0.15, -0.1) is 0 Å². The van der Waals surface area contributed by atoms with Crippen LogP contribution in [-0.4, -0.2) is 40.0 Å². The van der Waals surface area contributed by atoms with E-state index < -0.39 is 0 Å². The van der Waals surface area contributed by atoms with E-state index in [0.717, 1.165) is 24.2 Å². The lowest BCUT2D eigenvalue weighted by Crippen LogP contribution is -2.36. The van der Waals surface area contributed by atoms with Gasteiger partial charge in [-0.3, -0.25) is 4.79 Å². The number of amides is 1. The summed E-state index contributed by atoms with van der Waals surface area (Å²) in [6.07, 6.45) is 3.81. The summed E-state index contributed by atoms with van der Waals surface area (Å²) >= 11 is 2.01. The van der Waals surface area contributed by atoms with Crippen molar-refractivity contribution in [3.8, 4) is 5.75 Å². The van der Waals surface area contributed by atoms with Gasteiger partial charge in [0.05, 0.1) is 6.42 Å². The second kappa shape index (κ2) is 7.02. The lowest BCUT2D eigenvalue weighted by Gasteiger charge is -2.25. The molecule has 4 heteroatoms. The Morgan fingerprint density at radius 1 is 1.45 bits per heavy atom. The molecule has 0 radical (unpaired) electrons. The maximum Gasteiger partial charge on any atom is 0.226 e. The summed E-state index contributed by atoms with van der Waals surface area (Å²) in [6.45, 7) is 2.19. The summed E-state index contributed by atoms with van der Waals surface area (Å²) < 4.78 is 0. The van der Waals surface area contributed by atoms with Crippen molar-refractivity contribution in [3.05, 3.63) is 29.8 Å². The van der Waals surface area contributed by atoms with Crippen LogP contribution in [0.3, 0.4) is 0 Å². The predicted molar refractivity (Wildman–Crippen MR) is 84.1 cm³/mol. The van der Waals surface area contributed by atoms with Gasteiger partial charge in [-0.1, -0.05) is 19.1 Å². The number of likely N-dealkylation sites (N-methyl/N-ethyl adjacent to an activating group) is 1. The van der Waals surface area contributed by atoms with E-state index in [1.165, 1.54) is 6.42 Å². The lowest BCUT2D eigenvalue weighted by atomic mass is 10.1. The molecule has 0 spiro atoms. The van der Waals surface area contributed by atoms with Crippen molar-refractivity contribution < 1.29 is 9.90 Å². The van der Waals surface area contributed by atoms with Crippen LogP contribution in [-0.2, 0) is 11.2 Å². The normalized spacial score (nSPS) is 21.9. The molecular formula is C16H23NO2S. The molecule has 3 nitrogen and oxygen atoms in total. The van der Waals surface area contributed by atoms with Gasteiger partial charge in [-0.2, -0.15) is 11.8 Å². The first-order valence-electron chi connectivity index (χ1n) is 7.25. The van der Waals surface area contributed by atoms with Crippen LogP contribution in [0.15, 0.2) is 24.3 Å². The molecule has 110 valence electrons. The molecule has 0 aliphatic heterocycles. The molecule has 0 saturated heterocycles. The van der Waals surface area contributed by atoms with Crippen LogP contribution in [0.1, 0.15) is 31.7 Å². The molecule has 1 aromatic rings. The van der Waals surface area contributed by atoms with Gasteiger partial charge in [0.1, 0.15) is 5.75 Å². The molecule has 1 amide bonds. The van der Waals surface area contributed by atoms with E-state index in [1.54, 1.807) is 18.2 Å². The smallest absolute Gasteiger partial charge is 0.226 e. The number of hydrogen-bond donors (Lipinski definition) is 1. The van der Waals surface area contributed by atoms with Crippen LogP contribution in [0.5, 0.6) is 5.75 Å². The Hall–Kier alpha value is -1.16.